The Kier molecular flexibility index (Phi) is 5.64. The van der Waals surface area contributed by atoms with Gasteiger partial charge in [0.1, 0.15) is 0 Å². The molecule has 2 atom stereocenters. The van der Waals surface area contributed by atoms with Gasteiger partial charge in [0.05, 0.1) is 0 Å². The molecule has 4 heteroatoms. The first-order valence-electron chi connectivity index (χ1n) is 8.61. The third kappa shape index (κ3) is 3.92. The van der Waals surface area contributed by atoms with Crippen LogP contribution in [0.3, 0.4) is 0 Å². The highest BCUT2D eigenvalue weighted by Crippen LogP contribution is 2.38. The van der Waals surface area contributed by atoms with E-state index in [1.54, 1.807) is 48.5 Å². The molecule has 0 bridgehead atoms. The number of benzene rings is 2. The van der Waals surface area contributed by atoms with Crippen LogP contribution >= 0.6 is 23.2 Å². The van der Waals surface area contributed by atoms with Crippen LogP contribution in [-0.4, -0.2) is 11.6 Å². The molecule has 0 unspecified atom stereocenters. The van der Waals surface area contributed by atoms with E-state index in [2.05, 4.69) is 0 Å². The summed E-state index contributed by atoms with van der Waals surface area (Å²) < 4.78 is 0. The lowest BCUT2D eigenvalue weighted by atomic mass is 9.70. The fourth-order valence-corrected chi connectivity index (χ4v) is 3.75. The average molecular weight is 387 g/mol. The molecule has 0 radical (unpaired) electrons. The van der Waals surface area contributed by atoms with Gasteiger partial charge < -0.3 is 0 Å². The van der Waals surface area contributed by atoms with E-state index in [0.29, 0.717) is 34.0 Å². The summed E-state index contributed by atoms with van der Waals surface area (Å²) in [6, 6.07) is 13.8. The van der Waals surface area contributed by atoms with E-state index in [1.165, 1.54) is 11.1 Å². The number of carbonyl (C=O) groups is 2. The molecular formula is C22H20Cl2O2. The van der Waals surface area contributed by atoms with Crippen molar-refractivity contribution >= 4 is 34.8 Å². The third-order valence-electron chi connectivity index (χ3n) is 5.20. The van der Waals surface area contributed by atoms with Crippen molar-refractivity contribution < 1.29 is 9.59 Å². The van der Waals surface area contributed by atoms with Crippen LogP contribution in [0.1, 0.15) is 47.4 Å². The molecule has 1 aliphatic rings. The minimum absolute atomic E-state index is 0.000769. The monoisotopic (exact) mass is 386 g/mol. The van der Waals surface area contributed by atoms with Gasteiger partial charge in [0.2, 0.25) is 0 Å². The maximum Gasteiger partial charge on any atom is 0.167 e. The zero-order chi connectivity index (χ0) is 18.8. The molecule has 134 valence electrons. The van der Waals surface area contributed by atoms with Crippen LogP contribution in [0.25, 0.3) is 0 Å². The second kappa shape index (κ2) is 7.77. The zero-order valence-electron chi connectivity index (χ0n) is 14.8. The molecule has 0 fully saturated rings. The van der Waals surface area contributed by atoms with Crippen molar-refractivity contribution in [1.82, 2.24) is 0 Å². The quantitative estimate of drug-likeness (QED) is 0.448. The smallest absolute Gasteiger partial charge is 0.167 e. The summed E-state index contributed by atoms with van der Waals surface area (Å²) >= 11 is 11.9. The molecule has 0 aliphatic heterocycles. The summed E-state index contributed by atoms with van der Waals surface area (Å²) in [7, 11) is 0. The number of rotatable bonds is 4. The molecule has 0 spiro atoms. The van der Waals surface area contributed by atoms with Crippen LogP contribution in [-0.2, 0) is 0 Å². The summed E-state index contributed by atoms with van der Waals surface area (Å²) in [6.07, 6.45) is 1.22. The predicted molar refractivity (Wildman–Crippen MR) is 106 cm³/mol. The Bertz CT molecular complexity index is 791. The molecule has 2 nitrogen and oxygen atoms in total. The highest BCUT2D eigenvalue weighted by atomic mass is 35.5. The first-order valence-corrected chi connectivity index (χ1v) is 9.37. The van der Waals surface area contributed by atoms with Crippen molar-refractivity contribution in [2.45, 2.75) is 26.7 Å². The Labute approximate surface area is 163 Å². The standard InChI is InChI=1S/C22H20Cl2O2/c1-13-11-19(21(25)15-3-7-17(23)8-4-15)20(12-14(13)2)22(26)16-5-9-18(24)10-6-16/h3-10,19-20H,11-12H2,1-2H3/t19-,20-/m1/s1. The minimum atomic E-state index is -0.358. The molecule has 0 aromatic heterocycles. The Morgan fingerprint density at radius 1 is 0.692 bits per heavy atom. The van der Waals surface area contributed by atoms with E-state index in [1.807, 2.05) is 13.8 Å². The second-order valence-electron chi connectivity index (χ2n) is 6.92. The molecule has 0 saturated heterocycles. The SMILES string of the molecule is CC1=C(C)C[C@@H](C(=O)c2ccc(Cl)cc2)[C@H](C(=O)c2ccc(Cl)cc2)C1. The zero-order valence-corrected chi connectivity index (χ0v) is 16.3. The van der Waals surface area contributed by atoms with E-state index in [0.717, 1.165) is 0 Å². The van der Waals surface area contributed by atoms with Crippen molar-refractivity contribution in [2.24, 2.45) is 11.8 Å². The lowest BCUT2D eigenvalue weighted by Gasteiger charge is -2.31. The Morgan fingerprint density at radius 3 is 1.31 bits per heavy atom. The Hall–Kier alpha value is -1.90. The van der Waals surface area contributed by atoms with Gasteiger partial charge >= 0.3 is 0 Å². The Balaban J connectivity index is 1.94. The van der Waals surface area contributed by atoms with Gasteiger partial charge in [-0.2, -0.15) is 0 Å². The van der Waals surface area contributed by atoms with Crippen molar-refractivity contribution in [3.8, 4) is 0 Å². The molecule has 2 aromatic rings. The molecule has 2 aromatic carbocycles. The maximum absolute atomic E-state index is 13.1. The van der Waals surface area contributed by atoms with Crippen LogP contribution in [0.4, 0.5) is 0 Å². The first kappa shape index (κ1) is 18.9. The number of allylic oxidation sites excluding steroid dienone is 2. The molecule has 26 heavy (non-hydrogen) atoms. The van der Waals surface area contributed by atoms with E-state index in [-0.39, 0.29) is 23.4 Å². The van der Waals surface area contributed by atoms with Crippen LogP contribution in [0.2, 0.25) is 10.0 Å². The van der Waals surface area contributed by atoms with Gasteiger partial charge in [-0.15, -0.1) is 0 Å². The second-order valence-corrected chi connectivity index (χ2v) is 7.80. The number of halogens is 2. The van der Waals surface area contributed by atoms with Gasteiger partial charge in [-0.1, -0.05) is 34.3 Å². The van der Waals surface area contributed by atoms with Crippen LogP contribution < -0.4 is 0 Å². The van der Waals surface area contributed by atoms with Crippen molar-refractivity contribution in [1.29, 1.82) is 0 Å². The number of ketones is 2. The lowest BCUT2D eigenvalue weighted by molar-refractivity contribution is 0.0753. The number of hydrogen-bond donors (Lipinski definition) is 0. The molecule has 0 heterocycles. The summed E-state index contributed by atoms with van der Waals surface area (Å²) in [5.74, 6) is -0.715. The van der Waals surface area contributed by atoms with Crippen LogP contribution in [0.5, 0.6) is 0 Å². The van der Waals surface area contributed by atoms with Gasteiger partial charge in [-0.05, 0) is 75.2 Å². The molecule has 0 amide bonds. The lowest BCUT2D eigenvalue weighted by Crippen LogP contribution is -2.33. The molecule has 3 rings (SSSR count). The highest BCUT2D eigenvalue weighted by molar-refractivity contribution is 6.31. The van der Waals surface area contributed by atoms with Gasteiger partial charge in [0.25, 0.3) is 0 Å². The number of Topliss-reactive ketones (excluding diaryl/α,β-unsaturated/α-hetero) is 2. The molecule has 0 N–H and O–H groups in total. The number of hydrogen-bond acceptors (Lipinski definition) is 2. The first-order chi connectivity index (χ1) is 12.4. The third-order valence-corrected chi connectivity index (χ3v) is 5.70. The van der Waals surface area contributed by atoms with Crippen molar-refractivity contribution in [3.05, 3.63) is 80.8 Å². The van der Waals surface area contributed by atoms with Gasteiger partial charge in [-0.25, -0.2) is 0 Å². The normalized spacial score (nSPS) is 20.2. The highest BCUT2D eigenvalue weighted by Gasteiger charge is 2.37. The molecule has 1 aliphatic carbocycles. The van der Waals surface area contributed by atoms with Crippen LogP contribution in [0.15, 0.2) is 59.7 Å². The van der Waals surface area contributed by atoms with E-state index < -0.39 is 0 Å². The summed E-state index contributed by atoms with van der Waals surface area (Å²) in [6.45, 7) is 4.08. The summed E-state index contributed by atoms with van der Waals surface area (Å²) in [5, 5.41) is 1.18. The van der Waals surface area contributed by atoms with Gasteiger partial charge in [0, 0.05) is 33.0 Å². The van der Waals surface area contributed by atoms with Crippen molar-refractivity contribution in [2.75, 3.05) is 0 Å². The molecular weight excluding hydrogens is 367 g/mol. The maximum atomic E-state index is 13.1. The fraction of sp³-hybridized carbons (Fsp3) is 0.273. The van der Waals surface area contributed by atoms with Crippen LogP contribution in [0, 0.1) is 11.8 Å². The minimum Gasteiger partial charge on any atom is -0.294 e. The predicted octanol–water partition coefficient (Wildman–Crippen LogP) is 6.42. The van der Waals surface area contributed by atoms with Gasteiger partial charge in [0.15, 0.2) is 11.6 Å². The van der Waals surface area contributed by atoms with E-state index in [9.17, 15) is 9.59 Å². The summed E-state index contributed by atoms with van der Waals surface area (Å²) in [5.41, 5.74) is 3.58. The van der Waals surface area contributed by atoms with Gasteiger partial charge in [-0.3, -0.25) is 9.59 Å². The molecule has 0 saturated carbocycles. The number of carbonyl (C=O) groups excluding carboxylic acids is 2. The Morgan fingerprint density at radius 2 is 1.00 bits per heavy atom. The van der Waals surface area contributed by atoms with E-state index >= 15 is 0 Å². The fourth-order valence-electron chi connectivity index (χ4n) is 3.50. The average Bonchev–Trinajstić information content (AvgIpc) is 2.63. The topological polar surface area (TPSA) is 34.1 Å². The van der Waals surface area contributed by atoms with E-state index in [4.69, 9.17) is 23.2 Å². The summed E-state index contributed by atoms with van der Waals surface area (Å²) in [4.78, 5) is 26.2. The largest absolute Gasteiger partial charge is 0.294 e. The van der Waals surface area contributed by atoms with Crippen molar-refractivity contribution in [3.63, 3.8) is 0 Å².